The molecular weight excluding hydrogens is 472 g/mol. The minimum atomic E-state index is -1.02. The summed E-state index contributed by atoms with van der Waals surface area (Å²) in [6, 6.07) is 16.0. The lowest BCUT2D eigenvalue weighted by Crippen LogP contribution is -2.29. The quantitative estimate of drug-likeness (QED) is 0.271. The van der Waals surface area contributed by atoms with E-state index in [4.69, 9.17) is 16.3 Å². The van der Waals surface area contributed by atoms with E-state index in [2.05, 4.69) is 5.32 Å². The zero-order valence-corrected chi connectivity index (χ0v) is 19.5. The number of carbonyl (C=O) groups excluding carboxylic acids is 3. The molecule has 9 heteroatoms. The van der Waals surface area contributed by atoms with Crippen molar-refractivity contribution < 1.29 is 29.3 Å². The van der Waals surface area contributed by atoms with E-state index in [1.807, 2.05) is 0 Å². The third-order valence-corrected chi connectivity index (χ3v) is 5.80. The van der Waals surface area contributed by atoms with Crippen LogP contribution in [0.15, 0.2) is 72.3 Å². The van der Waals surface area contributed by atoms with Crippen molar-refractivity contribution in [2.45, 2.75) is 13.0 Å². The number of aliphatic hydroxyl groups excluding tert-OH is 1. The Morgan fingerprint density at radius 3 is 2.29 bits per heavy atom. The second-order valence-electron chi connectivity index (χ2n) is 7.84. The van der Waals surface area contributed by atoms with Crippen molar-refractivity contribution in [1.29, 1.82) is 0 Å². The van der Waals surface area contributed by atoms with Gasteiger partial charge in [-0.25, -0.2) is 0 Å². The molecule has 1 atom stereocenters. The van der Waals surface area contributed by atoms with Crippen LogP contribution in [-0.2, 0) is 14.4 Å². The third-order valence-electron chi connectivity index (χ3n) is 5.55. The molecule has 178 valence electrons. The van der Waals surface area contributed by atoms with Crippen molar-refractivity contribution in [3.05, 3.63) is 88.5 Å². The number of amides is 2. The normalized spacial score (nSPS) is 16.9. The van der Waals surface area contributed by atoms with Crippen LogP contribution in [0.25, 0.3) is 5.76 Å². The van der Waals surface area contributed by atoms with Gasteiger partial charge >= 0.3 is 0 Å². The molecule has 0 aromatic heterocycles. The van der Waals surface area contributed by atoms with Gasteiger partial charge in [-0.15, -0.1) is 0 Å². The second kappa shape index (κ2) is 9.52. The Kier molecular flexibility index (Phi) is 6.48. The summed E-state index contributed by atoms with van der Waals surface area (Å²) in [5.74, 6) is -2.32. The van der Waals surface area contributed by atoms with Crippen LogP contribution in [0.4, 0.5) is 11.4 Å². The Bertz CT molecular complexity index is 1350. The average molecular weight is 493 g/mol. The number of aromatic hydroxyl groups is 1. The molecule has 2 amide bonds. The molecule has 3 aromatic rings. The number of aliphatic hydroxyl groups is 1. The van der Waals surface area contributed by atoms with Crippen LogP contribution in [0.3, 0.4) is 0 Å². The van der Waals surface area contributed by atoms with Gasteiger partial charge in [0.05, 0.1) is 18.7 Å². The zero-order chi connectivity index (χ0) is 25.3. The van der Waals surface area contributed by atoms with Gasteiger partial charge in [0.25, 0.3) is 11.7 Å². The predicted molar refractivity (Wildman–Crippen MR) is 132 cm³/mol. The van der Waals surface area contributed by atoms with Crippen LogP contribution in [-0.4, -0.2) is 34.9 Å². The first kappa shape index (κ1) is 23.8. The number of anilines is 2. The average Bonchev–Trinajstić information content (AvgIpc) is 3.10. The number of ether oxygens (including phenoxy) is 1. The first-order valence-corrected chi connectivity index (χ1v) is 10.9. The molecule has 0 aliphatic carbocycles. The summed E-state index contributed by atoms with van der Waals surface area (Å²) in [4.78, 5) is 39.1. The lowest BCUT2D eigenvalue weighted by Gasteiger charge is -2.26. The van der Waals surface area contributed by atoms with Crippen LogP contribution >= 0.6 is 11.6 Å². The third kappa shape index (κ3) is 4.56. The Balaban J connectivity index is 1.90. The maximum Gasteiger partial charge on any atom is 0.300 e. The molecule has 35 heavy (non-hydrogen) atoms. The number of benzene rings is 3. The lowest BCUT2D eigenvalue weighted by molar-refractivity contribution is -0.132. The maximum atomic E-state index is 13.2. The minimum Gasteiger partial charge on any atom is -0.507 e. The maximum absolute atomic E-state index is 13.2. The first-order chi connectivity index (χ1) is 16.7. The summed E-state index contributed by atoms with van der Waals surface area (Å²) in [6.07, 6.45) is 0. The Hall–Kier alpha value is -4.30. The van der Waals surface area contributed by atoms with Gasteiger partial charge in [-0.1, -0.05) is 17.7 Å². The van der Waals surface area contributed by atoms with Gasteiger partial charge in [0.2, 0.25) is 5.91 Å². The van der Waals surface area contributed by atoms with Crippen LogP contribution < -0.4 is 15.0 Å². The molecule has 4 rings (SSSR count). The van der Waals surface area contributed by atoms with Crippen molar-refractivity contribution in [1.82, 2.24) is 0 Å². The summed E-state index contributed by atoms with van der Waals surface area (Å²) in [6.45, 7) is 1.38. The van der Waals surface area contributed by atoms with E-state index in [1.165, 1.54) is 31.1 Å². The molecule has 0 spiro atoms. The summed E-state index contributed by atoms with van der Waals surface area (Å²) in [7, 11) is 1.38. The fourth-order valence-corrected chi connectivity index (χ4v) is 4.08. The topological polar surface area (TPSA) is 116 Å². The smallest absolute Gasteiger partial charge is 0.300 e. The van der Waals surface area contributed by atoms with Gasteiger partial charge < -0.3 is 20.3 Å². The van der Waals surface area contributed by atoms with Gasteiger partial charge in [-0.3, -0.25) is 19.3 Å². The van der Waals surface area contributed by atoms with Crippen LogP contribution in [0.2, 0.25) is 5.02 Å². The van der Waals surface area contributed by atoms with E-state index in [-0.39, 0.29) is 28.7 Å². The number of Topliss-reactive ketones (excluding diaryl/α,β-unsaturated/α-hetero) is 1. The van der Waals surface area contributed by atoms with Gasteiger partial charge in [-0.2, -0.15) is 0 Å². The molecular formula is C26H21ClN2O6. The van der Waals surface area contributed by atoms with E-state index in [9.17, 15) is 24.6 Å². The Morgan fingerprint density at radius 2 is 1.69 bits per heavy atom. The standard InChI is InChI=1S/C26H21ClN2O6/c1-14(30)28-18-8-10-19(11-9-18)29-23(16-5-12-20(31)21(13-16)35-2)22(25(33)26(29)34)24(32)15-3-6-17(27)7-4-15/h3-13,23,31-32H,1-2H3,(H,28,30)/b24-22-. The summed E-state index contributed by atoms with van der Waals surface area (Å²) < 4.78 is 5.21. The number of methoxy groups -OCH3 is 1. The molecule has 8 nitrogen and oxygen atoms in total. The first-order valence-electron chi connectivity index (χ1n) is 10.5. The highest BCUT2D eigenvalue weighted by Gasteiger charge is 2.47. The number of ketones is 1. The number of rotatable bonds is 5. The molecule has 1 heterocycles. The Morgan fingerprint density at radius 1 is 1.03 bits per heavy atom. The van der Waals surface area contributed by atoms with Crippen molar-refractivity contribution in [2.75, 3.05) is 17.3 Å². The van der Waals surface area contributed by atoms with Gasteiger partial charge in [0.1, 0.15) is 5.76 Å². The molecule has 0 saturated carbocycles. The molecule has 1 aliphatic rings. The van der Waals surface area contributed by atoms with E-state index < -0.39 is 17.7 Å². The fourth-order valence-electron chi connectivity index (χ4n) is 3.95. The molecule has 1 fully saturated rings. The molecule has 3 N–H and O–H groups in total. The zero-order valence-electron chi connectivity index (χ0n) is 18.8. The number of phenolic OH excluding ortho intramolecular Hbond substituents is 1. The van der Waals surface area contributed by atoms with E-state index in [0.29, 0.717) is 27.5 Å². The number of nitrogens with zero attached hydrogens (tertiary/aromatic N) is 1. The number of halogens is 1. The SMILES string of the molecule is COc1cc(C2/C(=C(/O)c3ccc(Cl)cc3)C(=O)C(=O)N2c2ccc(NC(C)=O)cc2)ccc1O. The van der Waals surface area contributed by atoms with Gasteiger partial charge in [0, 0.05) is 28.9 Å². The van der Waals surface area contributed by atoms with Gasteiger partial charge in [-0.05, 0) is 66.2 Å². The van der Waals surface area contributed by atoms with E-state index >= 15 is 0 Å². The van der Waals surface area contributed by atoms with Crippen molar-refractivity contribution in [2.24, 2.45) is 0 Å². The predicted octanol–water partition coefficient (Wildman–Crippen LogP) is 4.64. The van der Waals surface area contributed by atoms with Gasteiger partial charge in [0.15, 0.2) is 11.5 Å². The van der Waals surface area contributed by atoms with Crippen LogP contribution in [0.5, 0.6) is 11.5 Å². The van der Waals surface area contributed by atoms with Crippen molar-refractivity contribution in [3.63, 3.8) is 0 Å². The highest BCUT2D eigenvalue weighted by molar-refractivity contribution is 6.51. The fraction of sp³-hybridized carbons (Fsp3) is 0.115. The van der Waals surface area contributed by atoms with E-state index in [0.717, 1.165) is 0 Å². The number of hydrogen-bond acceptors (Lipinski definition) is 6. The number of phenols is 1. The molecule has 1 unspecified atom stereocenters. The molecule has 0 radical (unpaired) electrons. The Labute approximate surface area is 206 Å². The number of hydrogen-bond donors (Lipinski definition) is 3. The largest absolute Gasteiger partial charge is 0.507 e. The molecule has 0 bridgehead atoms. The molecule has 1 aliphatic heterocycles. The highest BCUT2D eigenvalue weighted by atomic mass is 35.5. The van der Waals surface area contributed by atoms with Crippen LogP contribution in [0, 0.1) is 0 Å². The highest BCUT2D eigenvalue weighted by Crippen LogP contribution is 2.44. The number of carbonyl (C=O) groups is 3. The van der Waals surface area contributed by atoms with Crippen molar-refractivity contribution >= 4 is 46.3 Å². The van der Waals surface area contributed by atoms with Crippen LogP contribution in [0.1, 0.15) is 24.1 Å². The summed E-state index contributed by atoms with van der Waals surface area (Å²) in [5.41, 5.74) is 1.50. The summed E-state index contributed by atoms with van der Waals surface area (Å²) in [5, 5.41) is 24.3. The monoisotopic (exact) mass is 492 g/mol. The molecule has 3 aromatic carbocycles. The van der Waals surface area contributed by atoms with Crippen molar-refractivity contribution in [3.8, 4) is 11.5 Å². The lowest BCUT2D eigenvalue weighted by atomic mass is 9.94. The second-order valence-corrected chi connectivity index (χ2v) is 8.27. The number of nitrogens with one attached hydrogen (secondary N) is 1. The molecule has 1 saturated heterocycles. The van der Waals surface area contributed by atoms with E-state index in [1.54, 1.807) is 54.6 Å². The summed E-state index contributed by atoms with van der Waals surface area (Å²) >= 11 is 5.96. The minimum absolute atomic E-state index is 0.120.